The van der Waals surface area contributed by atoms with Crippen molar-refractivity contribution in [3.8, 4) is 0 Å². The van der Waals surface area contributed by atoms with E-state index in [1.54, 1.807) is 10.5 Å². The fourth-order valence-corrected chi connectivity index (χ4v) is 2.65. The molecule has 0 fully saturated rings. The minimum absolute atomic E-state index is 0. The fraction of sp³-hybridized carbons (Fsp3) is 0.214. The number of carboxylic acids is 1. The van der Waals surface area contributed by atoms with Gasteiger partial charge in [-0.15, -0.1) is 0 Å². The van der Waals surface area contributed by atoms with E-state index < -0.39 is 5.97 Å². The predicted octanol–water partition coefficient (Wildman–Crippen LogP) is 2.82. The van der Waals surface area contributed by atoms with E-state index in [2.05, 4.69) is 39.7 Å². The van der Waals surface area contributed by atoms with Crippen LogP contribution in [0.5, 0.6) is 0 Å². The Labute approximate surface area is 141 Å². The van der Waals surface area contributed by atoms with Crippen LogP contribution < -0.4 is 0 Å². The summed E-state index contributed by atoms with van der Waals surface area (Å²) in [6.45, 7) is 4.13. The number of pyridine rings is 2. The molecule has 3 rings (SSSR count). The number of imidazole rings is 1. The van der Waals surface area contributed by atoms with E-state index >= 15 is 0 Å². The third-order valence-electron chi connectivity index (χ3n) is 3.18. The van der Waals surface area contributed by atoms with Gasteiger partial charge in [0, 0.05) is 21.7 Å². The molecule has 0 bridgehead atoms. The minimum atomic E-state index is -1.04. The van der Waals surface area contributed by atoms with Gasteiger partial charge in [-0.2, -0.15) is 0 Å². The van der Waals surface area contributed by atoms with Crippen LogP contribution in [0.3, 0.4) is 0 Å². The van der Waals surface area contributed by atoms with Gasteiger partial charge >= 0.3 is 24.8 Å². The molecule has 5 nitrogen and oxygen atoms in total. The van der Waals surface area contributed by atoms with Crippen molar-refractivity contribution in [2.75, 3.05) is 0 Å². The van der Waals surface area contributed by atoms with Gasteiger partial charge in [0.05, 0.1) is 0 Å². The average molecular weight is 342 g/mol. The molecule has 0 aliphatic carbocycles. The number of fused-ring (bicyclic) bond motifs is 3. The Morgan fingerprint density at radius 3 is 2.67 bits per heavy atom. The Morgan fingerprint density at radius 1 is 1.33 bits per heavy atom. The van der Waals surface area contributed by atoms with Gasteiger partial charge in [0.2, 0.25) is 0 Å². The molecule has 0 aromatic carbocycles. The third-order valence-corrected chi connectivity index (χ3v) is 3.84. The third kappa shape index (κ3) is 2.71. The molecule has 3 heterocycles. The zero-order valence-electron chi connectivity index (χ0n) is 11.0. The standard InChI is InChI=1S/C14H12BrN3O2.Li.H/c1-7(2)10-5-9(15)8-3-4-12-16-11(14(19)20)6-18(12)13(8)17-10;;/h3-7H,1-2H3,(H,19,20);;. The van der Waals surface area contributed by atoms with Gasteiger partial charge < -0.3 is 5.11 Å². The van der Waals surface area contributed by atoms with Crippen molar-refractivity contribution in [2.24, 2.45) is 0 Å². The first-order valence-electron chi connectivity index (χ1n) is 6.19. The van der Waals surface area contributed by atoms with E-state index in [9.17, 15) is 4.79 Å². The second kappa shape index (κ2) is 5.80. The number of aromatic carboxylic acids is 1. The topological polar surface area (TPSA) is 67.5 Å². The molecule has 7 heteroatoms. The first-order valence-corrected chi connectivity index (χ1v) is 6.98. The zero-order valence-corrected chi connectivity index (χ0v) is 12.5. The molecule has 3 aromatic rings. The van der Waals surface area contributed by atoms with Gasteiger partial charge in [-0.3, -0.25) is 4.40 Å². The second-order valence-corrected chi connectivity index (χ2v) is 5.77. The molecule has 1 N–H and O–H groups in total. The summed E-state index contributed by atoms with van der Waals surface area (Å²) in [4.78, 5) is 19.8. The van der Waals surface area contributed by atoms with Crippen LogP contribution in [0.25, 0.3) is 16.7 Å². The SMILES string of the molecule is CC(C)c1cc(Br)c2ccc3nc(C(=O)O)cn3c2n1.[LiH]. The normalized spacial score (nSPS) is 11.0. The summed E-state index contributed by atoms with van der Waals surface area (Å²) in [5.74, 6) is -0.755. The van der Waals surface area contributed by atoms with Crippen LogP contribution in [0, 0.1) is 0 Å². The van der Waals surface area contributed by atoms with Crippen molar-refractivity contribution in [2.45, 2.75) is 19.8 Å². The molecule has 0 atom stereocenters. The van der Waals surface area contributed by atoms with Crippen molar-refractivity contribution in [1.29, 1.82) is 0 Å². The van der Waals surface area contributed by atoms with Crippen molar-refractivity contribution >= 4 is 57.4 Å². The monoisotopic (exact) mass is 341 g/mol. The van der Waals surface area contributed by atoms with E-state index in [0.717, 1.165) is 15.6 Å². The average Bonchev–Trinajstić information content (AvgIpc) is 2.82. The Balaban J connectivity index is 0.00000161. The first-order chi connectivity index (χ1) is 9.47. The van der Waals surface area contributed by atoms with Crippen molar-refractivity contribution in [1.82, 2.24) is 14.4 Å². The Morgan fingerprint density at radius 2 is 2.05 bits per heavy atom. The van der Waals surface area contributed by atoms with Crippen LogP contribution in [0.1, 0.15) is 35.9 Å². The molecule has 0 aliphatic heterocycles. The number of rotatable bonds is 2. The molecule has 21 heavy (non-hydrogen) atoms. The number of carbonyl (C=O) groups is 1. The van der Waals surface area contributed by atoms with E-state index in [1.165, 1.54) is 6.20 Å². The number of hydrogen-bond donors (Lipinski definition) is 1. The fourth-order valence-electron chi connectivity index (χ4n) is 2.11. The van der Waals surface area contributed by atoms with Crippen LogP contribution in [0.2, 0.25) is 0 Å². The molecule has 0 unspecified atom stereocenters. The number of nitrogens with zero attached hydrogens (tertiary/aromatic N) is 3. The van der Waals surface area contributed by atoms with E-state index in [1.807, 2.05) is 12.1 Å². The molecular weight excluding hydrogens is 329 g/mol. The summed E-state index contributed by atoms with van der Waals surface area (Å²) in [5.41, 5.74) is 2.25. The maximum absolute atomic E-state index is 11.0. The van der Waals surface area contributed by atoms with E-state index in [4.69, 9.17) is 5.11 Å². The molecule has 0 saturated heterocycles. The molecule has 0 amide bonds. The molecule has 0 saturated carbocycles. The zero-order chi connectivity index (χ0) is 14.4. The van der Waals surface area contributed by atoms with Gasteiger partial charge in [-0.05, 0) is 40.0 Å². The maximum atomic E-state index is 11.0. The molecule has 0 spiro atoms. The summed E-state index contributed by atoms with van der Waals surface area (Å²) >= 11 is 3.55. The van der Waals surface area contributed by atoms with E-state index in [-0.39, 0.29) is 30.5 Å². The molecular formula is C14H13BrLiN3O2. The summed E-state index contributed by atoms with van der Waals surface area (Å²) in [7, 11) is 0. The van der Waals surface area contributed by atoms with Crippen molar-refractivity contribution in [3.05, 3.63) is 40.3 Å². The van der Waals surface area contributed by atoms with Gasteiger partial charge in [0.1, 0.15) is 11.3 Å². The van der Waals surface area contributed by atoms with Crippen LogP contribution >= 0.6 is 15.9 Å². The van der Waals surface area contributed by atoms with Crippen molar-refractivity contribution in [3.63, 3.8) is 0 Å². The van der Waals surface area contributed by atoms with Crippen LogP contribution in [0.15, 0.2) is 28.9 Å². The Hall–Kier alpha value is -1.35. The van der Waals surface area contributed by atoms with Crippen LogP contribution in [-0.2, 0) is 0 Å². The molecule has 104 valence electrons. The summed E-state index contributed by atoms with van der Waals surface area (Å²) in [6.07, 6.45) is 1.50. The van der Waals surface area contributed by atoms with Gasteiger partial charge in [0.25, 0.3) is 0 Å². The second-order valence-electron chi connectivity index (χ2n) is 4.91. The van der Waals surface area contributed by atoms with Crippen LogP contribution in [0.4, 0.5) is 0 Å². The van der Waals surface area contributed by atoms with Crippen LogP contribution in [-0.4, -0.2) is 44.3 Å². The summed E-state index contributed by atoms with van der Waals surface area (Å²) in [5, 5.41) is 9.98. The summed E-state index contributed by atoms with van der Waals surface area (Å²) < 4.78 is 2.66. The Kier molecular flexibility index (Phi) is 4.42. The quantitative estimate of drug-likeness (QED) is 0.728. The van der Waals surface area contributed by atoms with E-state index in [0.29, 0.717) is 11.3 Å². The van der Waals surface area contributed by atoms with Gasteiger partial charge in [-0.1, -0.05) is 13.8 Å². The first kappa shape index (κ1) is 16.0. The number of hydrogen-bond acceptors (Lipinski definition) is 3. The van der Waals surface area contributed by atoms with Gasteiger partial charge in [-0.25, -0.2) is 14.8 Å². The molecule has 3 aromatic heterocycles. The predicted molar refractivity (Wildman–Crippen MR) is 86.4 cm³/mol. The number of halogens is 1. The molecule has 0 aliphatic rings. The van der Waals surface area contributed by atoms with Crippen molar-refractivity contribution < 1.29 is 9.90 Å². The van der Waals surface area contributed by atoms with Gasteiger partial charge in [0.15, 0.2) is 5.69 Å². The number of carboxylic acid groups (broad SMARTS) is 1. The Bertz CT molecular complexity index is 845. The number of aromatic nitrogens is 3. The summed E-state index contributed by atoms with van der Waals surface area (Å²) in [6, 6.07) is 5.68. The molecule has 0 radical (unpaired) electrons.